The number of hydrogen-bond acceptors (Lipinski definition) is 11. The molecule has 11 nitrogen and oxygen atoms in total. The fourth-order valence-electron chi connectivity index (χ4n) is 3.17. The molecule has 0 N–H and O–H groups in total. The molecule has 0 radical (unpaired) electrons. The lowest BCUT2D eigenvalue weighted by atomic mass is 9.98. The number of halogens is 3. The molecule has 5 atom stereocenters. The first-order valence-electron chi connectivity index (χ1n) is 10.5. The van der Waals surface area contributed by atoms with Gasteiger partial charge in [0.15, 0.2) is 12.2 Å². The fraction of sp³-hybridized carbons (Fsp3) is 0.500. The molecule has 2 rings (SSSR count). The predicted octanol–water partition coefficient (Wildman–Crippen LogP) is 2.38. The smallest absolute Gasteiger partial charge is 0.463 e. The number of carbonyl (C=O) groups is 4. The van der Waals surface area contributed by atoms with Crippen molar-refractivity contribution in [2.45, 2.75) is 64.6 Å². The first kappa shape index (κ1) is 28.6. The summed E-state index contributed by atoms with van der Waals surface area (Å²) in [4.78, 5) is 50.1. The first-order chi connectivity index (χ1) is 16.8. The van der Waals surface area contributed by atoms with Crippen LogP contribution in [0.1, 0.15) is 27.7 Å². The summed E-state index contributed by atoms with van der Waals surface area (Å²) in [5.41, 5.74) is -0.115. The molecule has 1 aliphatic heterocycles. The van der Waals surface area contributed by atoms with E-state index in [2.05, 4.69) is 4.99 Å². The summed E-state index contributed by atoms with van der Waals surface area (Å²) in [7, 11) is 0. The zero-order valence-corrected chi connectivity index (χ0v) is 19.6. The number of esters is 4. The molecule has 0 saturated carbocycles. The van der Waals surface area contributed by atoms with Gasteiger partial charge in [-0.15, -0.1) is 0 Å². The maximum Gasteiger partial charge on any atom is 0.468 e. The van der Waals surface area contributed by atoms with Gasteiger partial charge in [0.2, 0.25) is 12.4 Å². The number of aliphatic imine (C=N–C) groups is 1. The Hall–Kier alpha value is -3.68. The molecule has 1 aromatic carbocycles. The minimum Gasteiger partial charge on any atom is -0.463 e. The van der Waals surface area contributed by atoms with Crippen LogP contribution in [0.5, 0.6) is 0 Å². The van der Waals surface area contributed by atoms with Crippen molar-refractivity contribution in [1.29, 1.82) is 0 Å². The predicted molar refractivity (Wildman–Crippen MR) is 113 cm³/mol. The Morgan fingerprint density at radius 2 is 1.33 bits per heavy atom. The van der Waals surface area contributed by atoms with Gasteiger partial charge < -0.3 is 28.4 Å². The van der Waals surface area contributed by atoms with Gasteiger partial charge in [-0.25, -0.2) is 4.99 Å². The second-order valence-corrected chi connectivity index (χ2v) is 7.44. The lowest BCUT2D eigenvalue weighted by Crippen LogP contribution is -2.63. The minimum absolute atomic E-state index is 0.115. The van der Waals surface area contributed by atoms with E-state index in [-0.39, 0.29) is 5.69 Å². The van der Waals surface area contributed by atoms with Crippen molar-refractivity contribution in [1.82, 2.24) is 0 Å². The summed E-state index contributed by atoms with van der Waals surface area (Å²) < 4.78 is 72.2. The molecule has 1 aliphatic rings. The number of benzene rings is 1. The fourth-order valence-corrected chi connectivity index (χ4v) is 3.17. The molecule has 198 valence electrons. The van der Waals surface area contributed by atoms with E-state index in [4.69, 9.17) is 28.4 Å². The summed E-state index contributed by atoms with van der Waals surface area (Å²) in [5.74, 6) is -5.39. The highest BCUT2D eigenvalue weighted by Crippen LogP contribution is 2.32. The molecule has 1 fully saturated rings. The zero-order valence-electron chi connectivity index (χ0n) is 19.6. The van der Waals surface area contributed by atoms with Crippen LogP contribution < -0.4 is 0 Å². The Labute approximate surface area is 203 Å². The SMILES string of the molecule is CC(=O)OC[C@H]1OC(OC(=Nc2ccccc2)C(F)(F)F)[C@@H](OC(C)=O)[C@@H](OC(C)=O)[C@@H]1OC(C)=O. The number of ether oxygens (including phenoxy) is 6. The average molecular weight is 519 g/mol. The maximum atomic E-state index is 13.8. The average Bonchev–Trinajstić information content (AvgIpc) is 2.75. The van der Waals surface area contributed by atoms with Crippen LogP contribution in [0.4, 0.5) is 18.9 Å². The largest absolute Gasteiger partial charge is 0.468 e. The second-order valence-electron chi connectivity index (χ2n) is 7.44. The summed E-state index contributed by atoms with van der Waals surface area (Å²) in [6.07, 6.45) is -13.8. The van der Waals surface area contributed by atoms with Gasteiger partial charge in [0.25, 0.3) is 5.90 Å². The molecule has 1 unspecified atom stereocenters. The Morgan fingerprint density at radius 1 is 0.806 bits per heavy atom. The molecule has 1 heterocycles. The van der Waals surface area contributed by atoms with Crippen LogP contribution in [0, 0.1) is 0 Å². The molecule has 0 aromatic heterocycles. The number of alkyl halides is 3. The Balaban J connectivity index is 2.55. The van der Waals surface area contributed by atoms with E-state index in [1.165, 1.54) is 24.3 Å². The molecule has 0 aliphatic carbocycles. The molecular formula is C22H24F3NO10. The molecule has 0 bridgehead atoms. The molecule has 0 spiro atoms. The highest BCUT2D eigenvalue weighted by molar-refractivity contribution is 5.84. The van der Waals surface area contributed by atoms with E-state index in [0.717, 1.165) is 27.7 Å². The van der Waals surface area contributed by atoms with Crippen molar-refractivity contribution in [3.63, 3.8) is 0 Å². The Kier molecular flexibility index (Phi) is 9.78. The van der Waals surface area contributed by atoms with Crippen LogP contribution in [0.25, 0.3) is 0 Å². The molecule has 14 heteroatoms. The summed E-state index contributed by atoms with van der Waals surface area (Å²) in [6, 6.07) is 7.01. The van der Waals surface area contributed by atoms with Crippen molar-refractivity contribution in [2.24, 2.45) is 4.99 Å². The third-order valence-corrected chi connectivity index (χ3v) is 4.41. The first-order valence-corrected chi connectivity index (χ1v) is 10.5. The van der Waals surface area contributed by atoms with Crippen LogP contribution in [0.15, 0.2) is 35.3 Å². The molecule has 0 amide bonds. The topological polar surface area (TPSA) is 136 Å². The highest BCUT2D eigenvalue weighted by Gasteiger charge is 2.55. The number of carbonyl (C=O) groups excluding carboxylic acids is 4. The van der Waals surface area contributed by atoms with Gasteiger partial charge in [0.1, 0.15) is 12.7 Å². The monoisotopic (exact) mass is 519 g/mol. The van der Waals surface area contributed by atoms with Gasteiger partial charge in [-0.2, -0.15) is 13.2 Å². The van der Waals surface area contributed by atoms with Gasteiger partial charge in [0, 0.05) is 27.7 Å². The van der Waals surface area contributed by atoms with E-state index < -0.39 is 73.3 Å². The van der Waals surface area contributed by atoms with E-state index in [1.54, 1.807) is 6.07 Å². The number of nitrogens with zero attached hydrogens (tertiary/aromatic N) is 1. The minimum atomic E-state index is -5.13. The maximum absolute atomic E-state index is 13.8. The molecule has 36 heavy (non-hydrogen) atoms. The van der Waals surface area contributed by atoms with Gasteiger partial charge in [-0.05, 0) is 12.1 Å². The van der Waals surface area contributed by atoms with E-state index in [0.29, 0.717) is 0 Å². The van der Waals surface area contributed by atoms with Crippen molar-refractivity contribution in [3.8, 4) is 0 Å². The van der Waals surface area contributed by atoms with Gasteiger partial charge >= 0.3 is 30.1 Å². The van der Waals surface area contributed by atoms with Crippen LogP contribution in [-0.4, -0.2) is 73.3 Å². The normalized spacial score (nSPS) is 24.3. The zero-order chi connectivity index (χ0) is 27.0. The van der Waals surface area contributed by atoms with Crippen LogP contribution >= 0.6 is 0 Å². The molecule has 1 aromatic rings. The lowest BCUT2D eigenvalue weighted by molar-refractivity contribution is -0.295. The van der Waals surface area contributed by atoms with E-state index in [9.17, 15) is 32.3 Å². The Morgan fingerprint density at radius 3 is 1.83 bits per heavy atom. The van der Waals surface area contributed by atoms with Crippen molar-refractivity contribution in [3.05, 3.63) is 30.3 Å². The van der Waals surface area contributed by atoms with Crippen molar-refractivity contribution < 1.29 is 60.8 Å². The van der Waals surface area contributed by atoms with Crippen molar-refractivity contribution >= 4 is 35.5 Å². The third-order valence-electron chi connectivity index (χ3n) is 4.41. The summed E-state index contributed by atoms with van der Waals surface area (Å²) in [6.45, 7) is 3.34. The summed E-state index contributed by atoms with van der Waals surface area (Å²) >= 11 is 0. The lowest BCUT2D eigenvalue weighted by Gasteiger charge is -2.43. The number of rotatable bonds is 7. The van der Waals surface area contributed by atoms with Gasteiger partial charge in [-0.3, -0.25) is 19.2 Å². The standard InChI is InChI=1S/C22H24F3NO10/c1-11(27)31-10-16-17(32-12(2)28)18(33-13(3)29)19(34-14(4)30)20(35-16)36-21(22(23,24)25)26-15-8-6-5-7-9-15/h5-9,16-20H,10H2,1-4H3/t16-,17-,18+,19+,20?/m1/s1. The van der Waals surface area contributed by atoms with Gasteiger partial charge in [0.05, 0.1) is 5.69 Å². The number of hydrogen-bond donors (Lipinski definition) is 0. The Bertz CT molecular complexity index is 982. The van der Waals surface area contributed by atoms with E-state index >= 15 is 0 Å². The third kappa shape index (κ3) is 8.52. The van der Waals surface area contributed by atoms with Crippen LogP contribution in [0.3, 0.4) is 0 Å². The molecular weight excluding hydrogens is 495 g/mol. The van der Waals surface area contributed by atoms with E-state index in [1.807, 2.05) is 0 Å². The molecule has 1 saturated heterocycles. The second kappa shape index (κ2) is 12.3. The quantitative estimate of drug-likeness (QED) is 0.229. The highest BCUT2D eigenvalue weighted by atomic mass is 19.4. The summed E-state index contributed by atoms with van der Waals surface area (Å²) in [5, 5.41) is 0. The van der Waals surface area contributed by atoms with Crippen LogP contribution in [0.2, 0.25) is 0 Å². The van der Waals surface area contributed by atoms with Crippen LogP contribution in [-0.2, 0) is 47.6 Å². The van der Waals surface area contributed by atoms with Gasteiger partial charge in [-0.1, -0.05) is 18.2 Å². The number of para-hydroxylation sites is 1. The van der Waals surface area contributed by atoms with Crippen molar-refractivity contribution in [2.75, 3.05) is 6.61 Å².